The van der Waals surface area contributed by atoms with Crippen LogP contribution in [0.2, 0.25) is 0 Å². The van der Waals surface area contributed by atoms with Crippen molar-refractivity contribution in [2.75, 3.05) is 5.32 Å². The van der Waals surface area contributed by atoms with E-state index in [4.69, 9.17) is 0 Å². The normalized spacial score (nSPS) is 17.4. The molecule has 1 fully saturated rings. The molecular weight excluding hydrogens is 242 g/mol. The summed E-state index contributed by atoms with van der Waals surface area (Å²) >= 11 is 1.28. The van der Waals surface area contributed by atoms with Gasteiger partial charge in [-0.1, -0.05) is 0 Å². The van der Waals surface area contributed by atoms with Crippen LogP contribution >= 0.6 is 11.3 Å². The number of thiazole rings is 1. The van der Waals surface area contributed by atoms with Crippen LogP contribution in [0.15, 0.2) is 11.6 Å². The summed E-state index contributed by atoms with van der Waals surface area (Å²) in [6.07, 6.45) is 1.94. The summed E-state index contributed by atoms with van der Waals surface area (Å²) in [7, 11) is 0. The minimum atomic E-state index is -0.790. The van der Waals surface area contributed by atoms with Gasteiger partial charge in [0.05, 0.1) is 0 Å². The van der Waals surface area contributed by atoms with E-state index in [9.17, 15) is 14.4 Å². The van der Waals surface area contributed by atoms with Crippen LogP contribution in [0.3, 0.4) is 0 Å². The van der Waals surface area contributed by atoms with Gasteiger partial charge in [-0.25, -0.2) is 4.98 Å². The quantitative estimate of drug-likeness (QED) is 0.801. The Balaban J connectivity index is 2.04. The Labute approximate surface area is 102 Å². The first-order valence-electron chi connectivity index (χ1n) is 5.15. The molecule has 2 rings (SSSR count). The van der Waals surface area contributed by atoms with E-state index in [-0.39, 0.29) is 24.7 Å². The molecule has 1 aromatic heterocycles. The van der Waals surface area contributed by atoms with Crippen molar-refractivity contribution in [3.63, 3.8) is 0 Å². The lowest BCUT2D eigenvalue weighted by Crippen LogP contribution is -2.44. The van der Waals surface area contributed by atoms with E-state index >= 15 is 0 Å². The second kappa shape index (κ2) is 4.62. The highest BCUT2D eigenvalue weighted by atomic mass is 32.1. The number of amides is 3. The summed E-state index contributed by atoms with van der Waals surface area (Å²) in [5.41, 5.74) is 0. The largest absolute Gasteiger partial charge is 0.300 e. The van der Waals surface area contributed by atoms with Gasteiger partial charge < -0.3 is 5.32 Å². The van der Waals surface area contributed by atoms with E-state index in [0.717, 1.165) is 4.90 Å². The Bertz CT molecular complexity index is 441. The molecule has 1 atom stereocenters. The molecule has 6 nitrogen and oxygen atoms in total. The molecule has 1 saturated heterocycles. The lowest BCUT2D eigenvalue weighted by atomic mass is 10.3. The molecule has 0 spiro atoms. The van der Waals surface area contributed by atoms with Crippen molar-refractivity contribution in [2.24, 2.45) is 0 Å². The molecule has 1 aliphatic heterocycles. The number of aromatic nitrogens is 1. The second-order valence-electron chi connectivity index (χ2n) is 3.66. The molecule has 0 saturated carbocycles. The Morgan fingerprint density at radius 2 is 2.12 bits per heavy atom. The van der Waals surface area contributed by atoms with Crippen molar-refractivity contribution in [2.45, 2.75) is 25.8 Å². The molecule has 1 aliphatic rings. The van der Waals surface area contributed by atoms with Crippen molar-refractivity contribution in [3.05, 3.63) is 11.6 Å². The Hall–Kier alpha value is -1.76. The molecule has 0 aliphatic carbocycles. The van der Waals surface area contributed by atoms with Crippen molar-refractivity contribution < 1.29 is 14.4 Å². The smallest absolute Gasteiger partial charge is 0.249 e. The predicted molar refractivity (Wildman–Crippen MR) is 61.3 cm³/mol. The molecular formula is C10H11N3O3S. The highest BCUT2D eigenvalue weighted by Crippen LogP contribution is 2.17. The molecule has 17 heavy (non-hydrogen) atoms. The Kier molecular flexibility index (Phi) is 3.19. The average molecular weight is 253 g/mol. The highest BCUT2D eigenvalue weighted by molar-refractivity contribution is 7.13. The van der Waals surface area contributed by atoms with Crippen LogP contribution in [-0.2, 0) is 14.4 Å². The first-order valence-corrected chi connectivity index (χ1v) is 6.03. The van der Waals surface area contributed by atoms with Crippen LogP contribution in [0, 0.1) is 0 Å². The van der Waals surface area contributed by atoms with Gasteiger partial charge >= 0.3 is 0 Å². The number of likely N-dealkylation sites (tertiary alicyclic amines) is 1. The number of hydrogen-bond acceptors (Lipinski definition) is 5. The van der Waals surface area contributed by atoms with Gasteiger partial charge in [-0.3, -0.25) is 19.3 Å². The number of rotatable bonds is 3. The minimum Gasteiger partial charge on any atom is -0.300 e. The van der Waals surface area contributed by atoms with E-state index in [1.807, 2.05) is 0 Å². The van der Waals surface area contributed by atoms with E-state index in [1.54, 1.807) is 11.6 Å². The van der Waals surface area contributed by atoms with Gasteiger partial charge in [-0.2, -0.15) is 0 Å². The number of imide groups is 1. The number of anilines is 1. The fourth-order valence-corrected chi connectivity index (χ4v) is 2.17. The second-order valence-corrected chi connectivity index (χ2v) is 4.55. The van der Waals surface area contributed by atoms with Crippen LogP contribution in [0.25, 0.3) is 0 Å². The summed E-state index contributed by atoms with van der Waals surface area (Å²) in [5.74, 6) is -0.989. The first-order chi connectivity index (χ1) is 8.09. The zero-order valence-corrected chi connectivity index (χ0v) is 9.99. The highest BCUT2D eigenvalue weighted by Gasteiger charge is 2.36. The number of nitrogens with zero attached hydrogens (tertiary/aromatic N) is 2. The lowest BCUT2D eigenvalue weighted by molar-refractivity contribution is -0.144. The molecule has 0 radical (unpaired) electrons. The third-order valence-corrected chi connectivity index (χ3v) is 3.21. The van der Waals surface area contributed by atoms with Crippen LogP contribution < -0.4 is 5.32 Å². The maximum atomic E-state index is 11.8. The van der Waals surface area contributed by atoms with Crippen molar-refractivity contribution in [3.8, 4) is 0 Å². The minimum absolute atomic E-state index is 0.188. The third-order valence-electron chi connectivity index (χ3n) is 2.52. The van der Waals surface area contributed by atoms with Gasteiger partial charge in [0.15, 0.2) is 5.13 Å². The standard InChI is InChI=1S/C10H11N3O3S/c1-6(13-7(14)2-3-8(13)15)9(16)12-10-11-4-5-17-10/h4-6H,2-3H2,1H3,(H,11,12,16)/t6-/m0/s1. The van der Waals surface area contributed by atoms with Crippen LogP contribution in [0.1, 0.15) is 19.8 Å². The van der Waals surface area contributed by atoms with Gasteiger partial charge in [0.1, 0.15) is 6.04 Å². The number of nitrogens with one attached hydrogen (secondary N) is 1. The fourth-order valence-electron chi connectivity index (χ4n) is 1.64. The van der Waals surface area contributed by atoms with Gasteiger partial charge in [0.2, 0.25) is 17.7 Å². The Morgan fingerprint density at radius 1 is 1.47 bits per heavy atom. The zero-order valence-electron chi connectivity index (χ0n) is 9.17. The third kappa shape index (κ3) is 2.33. The van der Waals surface area contributed by atoms with E-state index in [1.165, 1.54) is 18.3 Å². The number of carbonyl (C=O) groups is 3. The summed E-state index contributed by atoms with van der Waals surface area (Å²) < 4.78 is 0. The monoisotopic (exact) mass is 253 g/mol. The number of hydrogen-bond donors (Lipinski definition) is 1. The van der Waals surface area contributed by atoms with E-state index < -0.39 is 11.9 Å². The summed E-state index contributed by atoms with van der Waals surface area (Å²) in [5, 5.41) is 4.75. The maximum absolute atomic E-state index is 11.8. The maximum Gasteiger partial charge on any atom is 0.249 e. The molecule has 0 unspecified atom stereocenters. The van der Waals surface area contributed by atoms with Crippen molar-refractivity contribution in [1.29, 1.82) is 0 Å². The van der Waals surface area contributed by atoms with E-state index in [2.05, 4.69) is 10.3 Å². The summed E-state index contributed by atoms with van der Waals surface area (Å²) in [6, 6.07) is -0.790. The Morgan fingerprint density at radius 3 is 2.65 bits per heavy atom. The average Bonchev–Trinajstić information content (AvgIpc) is 2.89. The zero-order chi connectivity index (χ0) is 12.4. The first kappa shape index (κ1) is 11.7. The molecule has 2 heterocycles. The molecule has 0 bridgehead atoms. The van der Waals surface area contributed by atoms with Crippen LogP contribution in [-0.4, -0.2) is 33.6 Å². The molecule has 1 N–H and O–H groups in total. The molecule has 7 heteroatoms. The molecule has 0 aromatic carbocycles. The predicted octanol–water partition coefficient (Wildman–Crippen LogP) is 0.619. The van der Waals surface area contributed by atoms with Crippen molar-refractivity contribution >= 4 is 34.2 Å². The molecule has 90 valence electrons. The topological polar surface area (TPSA) is 79.4 Å². The van der Waals surface area contributed by atoms with E-state index in [0.29, 0.717) is 5.13 Å². The molecule has 1 aromatic rings. The van der Waals surface area contributed by atoms with Crippen LogP contribution in [0.5, 0.6) is 0 Å². The SMILES string of the molecule is C[C@@H](C(=O)Nc1nccs1)N1C(=O)CCC1=O. The lowest BCUT2D eigenvalue weighted by Gasteiger charge is -2.20. The van der Waals surface area contributed by atoms with Gasteiger partial charge in [0.25, 0.3) is 0 Å². The van der Waals surface area contributed by atoms with Gasteiger partial charge in [0, 0.05) is 24.4 Å². The van der Waals surface area contributed by atoms with Crippen molar-refractivity contribution in [1.82, 2.24) is 9.88 Å². The summed E-state index contributed by atoms with van der Waals surface area (Å²) in [6.45, 7) is 1.53. The fraction of sp³-hybridized carbons (Fsp3) is 0.400. The van der Waals surface area contributed by atoms with Gasteiger partial charge in [-0.05, 0) is 6.92 Å². The summed E-state index contributed by atoms with van der Waals surface area (Å²) in [4.78, 5) is 39.6. The van der Waals surface area contributed by atoms with Crippen LogP contribution in [0.4, 0.5) is 5.13 Å². The molecule has 3 amide bonds. The van der Waals surface area contributed by atoms with Gasteiger partial charge in [-0.15, -0.1) is 11.3 Å². The number of carbonyl (C=O) groups excluding carboxylic acids is 3.